The molecular weight excluding hydrogens is 500 g/mol. The van der Waals surface area contributed by atoms with E-state index in [1.807, 2.05) is 6.07 Å². The number of fused-ring (bicyclic) bond motifs is 1. The van der Waals surface area contributed by atoms with Crippen LogP contribution in [0.3, 0.4) is 0 Å². The third-order valence-electron chi connectivity index (χ3n) is 5.79. The van der Waals surface area contributed by atoms with E-state index < -0.39 is 21.5 Å². The van der Waals surface area contributed by atoms with Crippen molar-refractivity contribution in [2.45, 2.75) is 10.6 Å². The van der Waals surface area contributed by atoms with Crippen molar-refractivity contribution in [1.82, 2.24) is 10.1 Å². The minimum atomic E-state index is -3.77. The number of ether oxygens (including phenoxy) is 1. The van der Waals surface area contributed by atoms with Crippen LogP contribution in [0, 0.1) is 23.0 Å². The van der Waals surface area contributed by atoms with Gasteiger partial charge in [0.1, 0.15) is 41.2 Å². The van der Waals surface area contributed by atoms with E-state index in [0.29, 0.717) is 16.3 Å². The second-order valence-corrected chi connectivity index (χ2v) is 10.1. The summed E-state index contributed by atoms with van der Waals surface area (Å²) < 4.78 is 65.1. The van der Waals surface area contributed by atoms with Gasteiger partial charge >= 0.3 is 0 Å². The van der Waals surface area contributed by atoms with Crippen molar-refractivity contribution in [2.24, 2.45) is 0 Å². The molecular formula is C27H17F2N3O4S. The summed E-state index contributed by atoms with van der Waals surface area (Å²) in [6.45, 7) is 0. The normalized spacial score (nSPS) is 11.4. The van der Waals surface area contributed by atoms with Gasteiger partial charge in [-0.25, -0.2) is 22.2 Å². The van der Waals surface area contributed by atoms with Crippen LogP contribution in [0.5, 0.6) is 5.75 Å². The highest BCUT2D eigenvalue weighted by Gasteiger charge is 2.21. The van der Waals surface area contributed by atoms with Gasteiger partial charge in [0, 0.05) is 22.6 Å². The number of hydrogen-bond acceptors (Lipinski definition) is 7. The minimum Gasteiger partial charge on any atom is -0.496 e. The van der Waals surface area contributed by atoms with Crippen molar-refractivity contribution in [3.8, 4) is 34.2 Å². The van der Waals surface area contributed by atoms with E-state index in [-0.39, 0.29) is 44.6 Å². The Kier molecular flexibility index (Phi) is 6.15. The first kappa shape index (κ1) is 24.1. The van der Waals surface area contributed by atoms with Crippen LogP contribution in [0.15, 0.2) is 82.4 Å². The number of pyridine rings is 1. The molecule has 0 N–H and O–H groups in total. The van der Waals surface area contributed by atoms with Crippen LogP contribution in [0.2, 0.25) is 0 Å². The van der Waals surface area contributed by atoms with E-state index in [2.05, 4.69) is 10.1 Å². The average molecular weight is 518 g/mol. The quantitative estimate of drug-likeness (QED) is 0.285. The first-order valence-corrected chi connectivity index (χ1v) is 12.5. The molecule has 0 atom stereocenters. The molecule has 37 heavy (non-hydrogen) atoms. The highest BCUT2D eigenvalue weighted by atomic mass is 32.2. The molecule has 0 amide bonds. The predicted octanol–water partition coefficient (Wildman–Crippen LogP) is 5.69. The molecule has 10 heteroatoms. The molecule has 2 aromatic heterocycles. The maximum atomic E-state index is 15.3. The van der Waals surface area contributed by atoms with Crippen LogP contribution in [0.1, 0.15) is 11.4 Å². The Morgan fingerprint density at radius 2 is 1.86 bits per heavy atom. The smallest absolute Gasteiger partial charge is 0.184 e. The molecule has 0 spiro atoms. The molecule has 0 saturated heterocycles. The Balaban J connectivity index is 1.67. The number of sulfone groups is 1. The van der Waals surface area contributed by atoms with Crippen molar-refractivity contribution in [1.29, 1.82) is 5.26 Å². The summed E-state index contributed by atoms with van der Waals surface area (Å²) in [7, 11) is -2.37. The zero-order chi connectivity index (χ0) is 26.2. The van der Waals surface area contributed by atoms with Crippen molar-refractivity contribution >= 4 is 20.6 Å². The fourth-order valence-corrected chi connectivity index (χ4v) is 5.35. The number of nitriles is 1. The summed E-state index contributed by atoms with van der Waals surface area (Å²) in [5, 5.41) is 14.1. The number of methoxy groups -OCH3 is 1. The highest BCUT2D eigenvalue weighted by molar-refractivity contribution is 7.90. The zero-order valence-electron chi connectivity index (χ0n) is 19.3. The zero-order valence-corrected chi connectivity index (χ0v) is 20.1. The van der Waals surface area contributed by atoms with Gasteiger partial charge in [-0.05, 0) is 53.4 Å². The summed E-state index contributed by atoms with van der Waals surface area (Å²) in [6, 6.07) is 17.4. The number of halogens is 2. The largest absolute Gasteiger partial charge is 0.496 e. The molecule has 0 saturated carbocycles. The fourth-order valence-electron chi connectivity index (χ4n) is 4.07. The van der Waals surface area contributed by atoms with Gasteiger partial charge in [0.05, 0.1) is 23.4 Å². The molecule has 0 aliphatic heterocycles. The van der Waals surface area contributed by atoms with Gasteiger partial charge < -0.3 is 9.26 Å². The molecule has 0 unspecified atom stereocenters. The van der Waals surface area contributed by atoms with Gasteiger partial charge in [0.2, 0.25) is 0 Å². The summed E-state index contributed by atoms with van der Waals surface area (Å²) in [6.07, 6.45) is 1.29. The lowest BCUT2D eigenvalue weighted by molar-refractivity contribution is 0.413. The molecule has 5 aromatic rings. The molecule has 0 fully saturated rings. The first-order chi connectivity index (χ1) is 17.8. The van der Waals surface area contributed by atoms with Gasteiger partial charge in [-0.1, -0.05) is 23.4 Å². The van der Waals surface area contributed by atoms with E-state index in [1.54, 1.807) is 12.1 Å². The van der Waals surface area contributed by atoms with Crippen molar-refractivity contribution < 1.29 is 26.5 Å². The Hall–Kier alpha value is -4.62. The second-order valence-electron chi connectivity index (χ2n) is 8.14. The van der Waals surface area contributed by atoms with E-state index in [4.69, 9.17) is 9.26 Å². The third kappa shape index (κ3) is 4.64. The fraction of sp³-hybridized carbons (Fsp3) is 0.0741. The predicted molar refractivity (Wildman–Crippen MR) is 131 cm³/mol. The van der Waals surface area contributed by atoms with Gasteiger partial charge in [0.25, 0.3) is 0 Å². The molecule has 0 aliphatic carbocycles. The Morgan fingerprint density at radius 3 is 2.57 bits per heavy atom. The van der Waals surface area contributed by atoms with Crippen LogP contribution < -0.4 is 4.74 Å². The van der Waals surface area contributed by atoms with Crippen molar-refractivity contribution in [3.05, 3.63) is 96.0 Å². The maximum absolute atomic E-state index is 15.3. The van der Waals surface area contributed by atoms with Crippen molar-refractivity contribution in [2.75, 3.05) is 7.11 Å². The Labute approximate surface area is 210 Å². The number of nitrogens with zero attached hydrogens (tertiary/aromatic N) is 3. The SMILES string of the molecule is COc1cc(-c2cccc(F)c2)c(F)cc1-c1nc(C#N)cc2cc(S(=O)(=O)Cc3ccon3)ccc12. The topological polar surface area (TPSA) is 106 Å². The minimum absolute atomic E-state index is 0.00483. The summed E-state index contributed by atoms with van der Waals surface area (Å²) in [5.41, 5.74) is 1.20. The number of hydrogen-bond donors (Lipinski definition) is 0. The van der Waals surface area contributed by atoms with Crippen molar-refractivity contribution in [3.63, 3.8) is 0 Å². The third-order valence-corrected chi connectivity index (χ3v) is 7.43. The van der Waals surface area contributed by atoms with Crippen LogP contribution >= 0.6 is 0 Å². The number of aromatic nitrogens is 2. The molecule has 184 valence electrons. The van der Waals surface area contributed by atoms with Gasteiger partial charge in [-0.15, -0.1) is 0 Å². The standard InChI is InChI=1S/C27H17F2N3O4S/c1-35-26-13-23(16-3-2-4-18(28)9-16)25(29)12-24(26)27-22-6-5-21(11-17(22)10-20(14-30)31-27)37(33,34)15-19-7-8-36-32-19/h2-13H,15H2,1H3. The Bertz CT molecular complexity index is 1800. The molecule has 7 nitrogen and oxygen atoms in total. The molecule has 0 aliphatic rings. The molecule has 3 aromatic carbocycles. The molecule has 5 rings (SSSR count). The van der Waals surface area contributed by atoms with E-state index >= 15 is 4.39 Å². The van der Waals surface area contributed by atoms with Gasteiger partial charge in [-0.2, -0.15) is 5.26 Å². The van der Waals surface area contributed by atoms with E-state index in [1.165, 1.54) is 68.0 Å². The lowest BCUT2D eigenvalue weighted by Crippen LogP contribution is -2.05. The summed E-state index contributed by atoms with van der Waals surface area (Å²) in [4.78, 5) is 4.39. The molecule has 2 heterocycles. The van der Waals surface area contributed by atoms with Crippen LogP contribution in [-0.4, -0.2) is 25.7 Å². The van der Waals surface area contributed by atoms with Gasteiger partial charge in [0.15, 0.2) is 9.84 Å². The highest BCUT2D eigenvalue weighted by Crippen LogP contribution is 2.39. The lowest BCUT2D eigenvalue weighted by Gasteiger charge is -2.15. The van der Waals surface area contributed by atoms with E-state index in [9.17, 15) is 18.1 Å². The van der Waals surface area contributed by atoms with Crippen LogP contribution in [0.25, 0.3) is 33.2 Å². The molecule has 0 bridgehead atoms. The summed E-state index contributed by atoms with van der Waals surface area (Å²) in [5.74, 6) is -1.28. The average Bonchev–Trinajstić information content (AvgIpc) is 3.39. The Morgan fingerprint density at radius 1 is 1.03 bits per heavy atom. The van der Waals surface area contributed by atoms with Crippen LogP contribution in [0.4, 0.5) is 8.78 Å². The lowest BCUT2D eigenvalue weighted by atomic mass is 9.98. The first-order valence-electron chi connectivity index (χ1n) is 10.9. The van der Waals surface area contributed by atoms with Crippen LogP contribution in [-0.2, 0) is 15.6 Å². The van der Waals surface area contributed by atoms with E-state index in [0.717, 1.165) is 0 Å². The molecule has 0 radical (unpaired) electrons. The number of rotatable bonds is 6. The second kappa shape index (κ2) is 9.44. The monoisotopic (exact) mass is 517 g/mol. The number of benzene rings is 3. The van der Waals surface area contributed by atoms with Gasteiger partial charge in [-0.3, -0.25) is 0 Å². The summed E-state index contributed by atoms with van der Waals surface area (Å²) >= 11 is 0. The maximum Gasteiger partial charge on any atom is 0.184 e.